The molecule has 0 spiro atoms. The first-order chi connectivity index (χ1) is 12.1. The normalized spacial score (nSPS) is 13.5. The van der Waals surface area contributed by atoms with Gasteiger partial charge in [-0.2, -0.15) is 0 Å². The van der Waals surface area contributed by atoms with Crippen LogP contribution in [-0.4, -0.2) is 19.3 Å². The summed E-state index contributed by atoms with van der Waals surface area (Å²) in [7, 11) is 3.12. The molecule has 0 aliphatic heterocycles. The molecule has 0 aromatic heterocycles. The third-order valence-corrected chi connectivity index (χ3v) is 4.36. The Balaban J connectivity index is 2.09. The third-order valence-electron chi connectivity index (χ3n) is 4.36. The molecule has 25 heavy (non-hydrogen) atoms. The molecular weight excluding hydrogens is 316 g/mol. The van der Waals surface area contributed by atoms with Crippen LogP contribution in [0.25, 0.3) is 0 Å². The number of methoxy groups -OCH3 is 2. The summed E-state index contributed by atoms with van der Waals surface area (Å²) < 4.78 is 16.1. The van der Waals surface area contributed by atoms with E-state index >= 15 is 0 Å². The molecule has 2 rings (SSSR count). The molecule has 0 saturated carbocycles. The lowest BCUT2D eigenvalue weighted by molar-refractivity contribution is -0.0770. The first kappa shape index (κ1) is 19.4. The first-order valence-corrected chi connectivity index (χ1v) is 8.62. The van der Waals surface area contributed by atoms with E-state index in [0.29, 0.717) is 24.7 Å². The summed E-state index contributed by atoms with van der Waals surface area (Å²) in [5, 5.41) is 9.93. The minimum atomic E-state index is -0.953. The van der Waals surface area contributed by atoms with E-state index in [0.717, 1.165) is 23.3 Å². The lowest BCUT2D eigenvalue weighted by Gasteiger charge is -2.14. The molecule has 2 aromatic carbocycles. The van der Waals surface area contributed by atoms with Crippen molar-refractivity contribution < 1.29 is 19.3 Å². The molecular formula is C21H28O4. The van der Waals surface area contributed by atoms with E-state index in [4.69, 9.17) is 14.2 Å². The molecule has 0 saturated heterocycles. The minimum absolute atomic E-state index is 0.420. The topological polar surface area (TPSA) is 47.9 Å². The largest absolute Gasteiger partial charge is 0.489 e. The molecule has 0 amide bonds. The van der Waals surface area contributed by atoms with Crippen LogP contribution in [0.4, 0.5) is 0 Å². The first-order valence-electron chi connectivity index (χ1n) is 8.62. The molecule has 0 aliphatic rings. The Morgan fingerprint density at radius 1 is 0.920 bits per heavy atom. The summed E-state index contributed by atoms with van der Waals surface area (Å²) in [6, 6.07) is 14.0. The standard InChI is InChI=1S/C21H28O4/c1-5-15(2)18-6-8-20(9-7-18)25-14-17-10-16(13-23-3)11-19(12-17)21(22)24-4/h6-12,15,21-22H,5,13-14H2,1-4H3. The van der Waals surface area contributed by atoms with Crippen molar-refractivity contribution in [2.75, 3.05) is 14.2 Å². The number of rotatable bonds is 9. The number of benzene rings is 2. The Labute approximate surface area is 150 Å². The Hall–Kier alpha value is -1.88. The molecule has 0 fully saturated rings. The van der Waals surface area contributed by atoms with E-state index in [9.17, 15) is 5.11 Å². The smallest absolute Gasteiger partial charge is 0.180 e. The van der Waals surface area contributed by atoms with Crippen molar-refractivity contribution in [1.29, 1.82) is 0 Å². The second-order valence-corrected chi connectivity index (χ2v) is 6.27. The molecule has 0 radical (unpaired) electrons. The van der Waals surface area contributed by atoms with Crippen molar-refractivity contribution >= 4 is 0 Å². The Bertz CT molecular complexity index is 651. The van der Waals surface area contributed by atoms with Crippen LogP contribution in [-0.2, 0) is 22.7 Å². The highest BCUT2D eigenvalue weighted by Gasteiger charge is 2.10. The van der Waals surface area contributed by atoms with Gasteiger partial charge in [0.1, 0.15) is 12.4 Å². The van der Waals surface area contributed by atoms with E-state index in [-0.39, 0.29) is 0 Å². The number of aliphatic hydroxyl groups excluding tert-OH is 1. The number of hydrogen-bond acceptors (Lipinski definition) is 4. The molecule has 0 aliphatic carbocycles. The van der Waals surface area contributed by atoms with Gasteiger partial charge < -0.3 is 19.3 Å². The average Bonchev–Trinajstić information content (AvgIpc) is 2.65. The van der Waals surface area contributed by atoms with Gasteiger partial charge in [-0.3, -0.25) is 0 Å². The fourth-order valence-electron chi connectivity index (χ4n) is 2.70. The molecule has 0 bridgehead atoms. The van der Waals surface area contributed by atoms with E-state index in [1.165, 1.54) is 12.7 Å². The third kappa shape index (κ3) is 5.56. The van der Waals surface area contributed by atoms with Gasteiger partial charge in [0.05, 0.1) is 6.61 Å². The molecule has 2 atom stereocenters. The van der Waals surface area contributed by atoms with Crippen LogP contribution in [0.2, 0.25) is 0 Å². The summed E-state index contributed by atoms with van der Waals surface area (Å²) in [5.41, 5.74) is 3.96. The summed E-state index contributed by atoms with van der Waals surface area (Å²) in [6.45, 7) is 5.30. The van der Waals surface area contributed by atoms with Gasteiger partial charge in [0.2, 0.25) is 0 Å². The van der Waals surface area contributed by atoms with Crippen molar-refractivity contribution in [2.24, 2.45) is 0 Å². The van der Waals surface area contributed by atoms with Gasteiger partial charge in [-0.05, 0) is 53.3 Å². The zero-order valence-corrected chi connectivity index (χ0v) is 15.5. The van der Waals surface area contributed by atoms with Gasteiger partial charge in [-0.1, -0.05) is 32.0 Å². The maximum absolute atomic E-state index is 9.93. The van der Waals surface area contributed by atoms with Gasteiger partial charge in [0.15, 0.2) is 6.29 Å². The average molecular weight is 344 g/mol. The van der Waals surface area contributed by atoms with Crippen LogP contribution < -0.4 is 4.74 Å². The molecule has 4 heteroatoms. The van der Waals surface area contributed by atoms with Crippen LogP contribution in [0, 0.1) is 0 Å². The quantitative estimate of drug-likeness (QED) is 0.677. The molecule has 2 unspecified atom stereocenters. The van der Waals surface area contributed by atoms with E-state index in [1.807, 2.05) is 30.3 Å². The van der Waals surface area contributed by atoms with Crippen molar-refractivity contribution in [3.8, 4) is 5.75 Å². The van der Waals surface area contributed by atoms with E-state index < -0.39 is 6.29 Å². The van der Waals surface area contributed by atoms with Gasteiger partial charge in [-0.15, -0.1) is 0 Å². The van der Waals surface area contributed by atoms with E-state index in [2.05, 4.69) is 26.0 Å². The molecule has 0 heterocycles. The minimum Gasteiger partial charge on any atom is -0.489 e. The second-order valence-electron chi connectivity index (χ2n) is 6.27. The van der Waals surface area contributed by atoms with Gasteiger partial charge in [-0.25, -0.2) is 0 Å². The lowest BCUT2D eigenvalue weighted by atomic mass is 9.99. The summed E-state index contributed by atoms with van der Waals surface area (Å²) in [6.07, 6.45) is 0.169. The Morgan fingerprint density at radius 3 is 2.12 bits per heavy atom. The zero-order chi connectivity index (χ0) is 18.2. The molecule has 136 valence electrons. The number of aliphatic hydroxyl groups is 1. The fourth-order valence-corrected chi connectivity index (χ4v) is 2.70. The lowest BCUT2D eigenvalue weighted by Crippen LogP contribution is -2.04. The number of ether oxygens (including phenoxy) is 3. The highest BCUT2D eigenvalue weighted by molar-refractivity contribution is 5.32. The highest BCUT2D eigenvalue weighted by atomic mass is 16.6. The second kappa shape index (κ2) is 9.56. The molecule has 4 nitrogen and oxygen atoms in total. The van der Waals surface area contributed by atoms with Crippen LogP contribution in [0.5, 0.6) is 5.75 Å². The predicted molar refractivity (Wildman–Crippen MR) is 98.6 cm³/mol. The monoisotopic (exact) mass is 344 g/mol. The Kier molecular flexibility index (Phi) is 7.44. The van der Waals surface area contributed by atoms with E-state index in [1.54, 1.807) is 7.11 Å². The summed E-state index contributed by atoms with van der Waals surface area (Å²) in [4.78, 5) is 0. The van der Waals surface area contributed by atoms with Crippen LogP contribution in [0.3, 0.4) is 0 Å². The van der Waals surface area contributed by atoms with Crippen molar-refractivity contribution in [2.45, 2.75) is 45.7 Å². The summed E-state index contributed by atoms with van der Waals surface area (Å²) >= 11 is 0. The van der Waals surface area contributed by atoms with Crippen molar-refractivity contribution in [1.82, 2.24) is 0 Å². The zero-order valence-electron chi connectivity index (χ0n) is 15.5. The van der Waals surface area contributed by atoms with Crippen molar-refractivity contribution in [3.63, 3.8) is 0 Å². The van der Waals surface area contributed by atoms with Crippen LogP contribution in [0.1, 0.15) is 54.7 Å². The maximum Gasteiger partial charge on any atom is 0.180 e. The van der Waals surface area contributed by atoms with Gasteiger partial charge in [0.25, 0.3) is 0 Å². The Morgan fingerprint density at radius 2 is 1.56 bits per heavy atom. The predicted octanol–water partition coefficient (Wildman–Crippen LogP) is 4.56. The van der Waals surface area contributed by atoms with Gasteiger partial charge >= 0.3 is 0 Å². The molecule has 1 N–H and O–H groups in total. The maximum atomic E-state index is 9.93. The SMILES string of the molecule is CCC(C)c1ccc(OCc2cc(COC)cc(C(O)OC)c2)cc1. The highest BCUT2D eigenvalue weighted by Crippen LogP contribution is 2.23. The fraction of sp³-hybridized carbons (Fsp3) is 0.429. The number of hydrogen-bond donors (Lipinski definition) is 1. The van der Waals surface area contributed by atoms with Crippen LogP contribution in [0.15, 0.2) is 42.5 Å². The van der Waals surface area contributed by atoms with Gasteiger partial charge in [0, 0.05) is 19.8 Å². The van der Waals surface area contributed by atoms with Crippen LogP contribution >= 0.6 is 0 Å². The van der Waals surface area contributed by atoms with Crippen molar-refractivity contribution in [3.05, 3.63) is 64.7 Å². The summed E-state index contributed by atoms with van der Waals surface area (Å²) in [5.74, 6) is 1.39. The molecule has 2 aromatic rings.